The quantitative estimate of drug-likeness (QED) is 0.802. The van der Waals surface area contributed by atoms with Crippen LogP contribution in [0.5, 0.6) is 0 Å². The molecule has 6 heteroatoms. The summed E-state index contributed by atoms with van der Waals surface area (Å²) in [6.45, 7) is 4.92. The molecule has 0 bridgehead atoms. The van der Waals surface area contributed by atoms with Crippen LogP contribution in [0.2, 0.25) is 0 Å². The summed E-state index contributed by atoms with van der Waals surface area (Å²) in [5.41, 5.74) is 1.18. The topological polar surface area (TPSA) is 52.3 Å². The molecule has 1 saturated heterocycles. The zero-order chi connectivity index (χ0) is 17.8. The smallest absolute Gasteiger partial charge is 0.345 e. The van der Waals surface area contributed by atoms with E-state index in [1.165, 1.54) is 10.2 Å². The fourth-order valence-corrected chi connectivity index (χ4v) is 3.73. The first-order chi connectivity index (χ1) is 12.1. The number of likely N-dealkylation sites (tertiary alicyclic amines) is 1. The van der Waals surface area contributed by atoms with E-state index in [9.17, 15) is 4.79 Å². The summed E-state index contributed by atoms with van der Waals surface area (Å²) < 4.78 is 8.66. The lowest BCUT2D eigenvalue weighted by Gasteiger charge is -2.36. The Morgan fingerprint density at radius 1 is 1.24 bits per heavy atom. The van der Waals surface area contributed by atoms with E-state index >= 15 is 0 Å². The van der Waals surface area contributed by atoms with Crippen LogP contribution >= 0.6 is 0 Å². The van der Waals surface area contributed by atoms with Gasteiger partial charge in [0, 0.05) is 45.8 Å². The van der Waals surface area contributed by atoms with Crippen molar-refractivity contribution >= 4 is 0 Å². The van der Waals surface area contributed by atoms with E-state index in [4.69, 9.17) is 4.74 Å². The Bertz CT molecular complexity index is 730. The predicted octanol–water partition coefficient (Wildman–Crippen LogP) is 1.84. The standard InChI is InChI=1S/C19H28N4O2/c1-15(14-25-3)22-11-9-17(10-12-22)23-18(20-21(2)19(23)24)13-16-7-5-4-6-8-16/h4-8,15,17H,9-14H2,1-3H3. The molecule has 2 heterocycles. The third-order valence-corrected chi connectivity index (χ3v) is 5.13. The molecule has 0 radical (unpaired) electrons. The Labute approximate surface area is 149 Å². The molecule has 1 aromatic carbocycles. The Morgan fingerprint density at radius 3 is 2.56 bits per heavy atom. The van der Waals surface area contributed by atoms with Crippen LogP contribution in [0, 0.1) is 0 Å². The van der Waals surface area contributed by atoms with Crippen molar-refractivity contribution in [3.8, 4) is 0 Å². The van der Waals surface area contributed by atoms with Crippen molar-refractivity contribution in [2.24, 2.45) is 7.05 Å². The summed E-state index contributed by atoms with van der Waals surface area (Å²) in [5.74, 6) is 0.863. The van der Waals surface area contributed by atoms with Crippen LogP contribution in [-0.2, 0) is 18.2 Å². The third-order valence-electron chi connectivity index (χ3n) is 5.13. The van der Waals surface area contributed by atoms with Crippen molar-refractivity contribution in [2.75, 3.05) is 26.8 Å². The zero-order valence-corrected chi connectivity index (χ0v) is 15.4. The molecule has 1 aromatic heterocycles. The molecule has 136 valence electrons. The summed E-state index contributed by atoms with van der Waals surface area (Å²) in [4.78, 5) is 15.1. The Kier molecular flexibility index (Phi) is 5.71. The highest BCUT2D eigenvalue weighted by Crippen LogP contribution is 2.24. The minimum atomic E-state index is -0.00526. The second-order valence-electron chi connectivity index (χ2n) is 6.93. The summed E-state index contributed by atoms with van der Waals surface area (Å²) >= 11 is 0. The van der Waals surface area contributed by atoms with E-state index in [0.29, 0.717) is 12.5 Å². The van der Waals surface area contributed by atoms with Gasteiger partial charge in [-0.3, -0.25) is 9.47 Å². The average molecular weight is 344 g/mol. The lowest BCUT2D eigenvalue weighted by Crippen LogP contribution is -2.43. The van der Waals surface area contributed by atoms with Gasteiger partial charge in [0.15, 0.2) is 0 Å². The van der Waals surface area contributed by atoms with Crippen LogP contribution in [-0.4, -0.2) is 52.1 Å². The van der Waals surface area contributed by atoms with Crippen LogP contribution in [0.25, 0.3) is 0 Å². The number of ether oxygens (including phenoxy) is 1. The maximum absolute atomic E-state index is 12.6. The van der Waals surface area contributed by atoms with Crippen LogP contribution in [0.4, 0.5) is 0 Å². The molecule has 25 heavy (non-hydrogen) atoms. The van der Waals surface area contributed by atoms with Gasteiger partial charge in [0.2, 0.25) is 0 Å². The molecule has 0 saturated carbocycles. The van der Waals surface area contributed by atoms with E-state index in [1.807, 2.05) is 22.8 Å². The lowest BCUT2D eigenvalue weighted by atomic mass is 10.0. The number of hydrogen-bond donors (Lipinski definition) is 0. The molecule has 0 N–H and O–H groups in total. The second-order valence-corrected chi connectivity index (χ2v) is 6.93. The Balaban J connectivity index is 1.75. The van der Waals surface area contributed by atoms with Crippen molar-refractivity contribution in [2.45, 2.75) is 38.3 Å². The highest BCUT2D eigenvalue weighted by atomic mass is 16.5. The van der Waals surface area contributed by atoms with E-state index in [2.05, 4.69) is 29.1 Å². The minimum Gasteiger partial charge on any atom is -0.383 e. The highest BCUT2D eigenvalue weighted by molar-refractivity contribution is 5.19. The van der Waals surface area contributed by atoms with Crippen molar-refractivity contribution < 1.29 is 4.74 Å². The van der Waals surface area contributed by atoms with Crippen LogP contribution in [0.1, 0.15) is 37.2 Å². The van der Waals surface area contributed by atoms with Gasteiger partial charge in [-0.15, -0.1) is 0 Å². The largest absolute Gasteiger partial charge is 0.383 e. The number of rotatable bonds is 6. The number of hydrogen-bond acceptors (Lipinski definition) is 4. The molecular formula is C19H28N4O2. The van der Waals surface area contributed by atoms with Gasteiger partial charge in [-0.2, -0.15) is 5.10 Å². The Hall–Kier alpha value is -1.92. The van der Waals surface area contributed by atoms with Gasteiger partial charge in [-0.05, 0) is 25.3 Å². The maximum atomic E-state index is 12.6. The third kappa shape index (κ3) is 4.02. The lowest BCUT2D eigenvalue weighted by molar-refractivity contribution is 0.0742. The number of benzene rings is 1. The van der Waals surface area contributed by atoms with E-state index in [-0.39, 0.29) is 11.7 Å². The summed E-state index contributed by atoms with van der Waals surface area (Å²) in [6.07, 6.45) is 2.64. The van der Waals surface area contributed by atoms with Gasteiger partial charge >= 0.3 is 5.69 Å². The minimum absolute atomic E-state index is 0.00526. The van der Waals surface area contributed by atoms with Gasteiger partial charge in [-0.25, -0.2) is 9.48 Å². The molecule has 6 nitrogen and oxygen atoms in total. The van der Waals surface area contributed by atoms with Crippen LogP contribution < -0.4 is 5.69 Å². The summed E-state index contributed by atoms with van der Waals surface area (Å²) in [6, 6.07) is 10.9. The van der Waals surface area contributed by atoms with Gasteiger partial charge in [0.1, 0.15) is 5.82 Å². The monoisotopic (exact) mass is 344 g/mol. The molecule has 0 amide bonds. The normalized spacial score (nSPS) is 17.7. The highest BCUT2D eigenvalue weighted by Gasteiger charge is 2.27. The SMILES string of the molecule is COCC(C)N1CCC(n2c(Cc3ccccc3)nn(C)c2=O)CC1. The van der Waals surface area contributed by atoms with Crippen molar-refractivity contribution in [1.82, 2.24) is 19.2 Å². The molecule has 1 aliphatic rings. The van der Waals surface area contributed by atoms with E-state index in [0.717, 1.165) is 38.4 Å². The first-order valence-corrected chi connectivity index (χ1v) is 9.01. The maximum Gasteiger partial charge on any atom is 0.345 e. The fourth-order valence-electron chi connectivity index (χ4n) is 3.73. The van der Waals surface area contributed by atoms with Crippen LogP contribution in [0.3, 0.4) is 0 Å². The number of aryl methyl sites for hydroxylation is 1. The van der Waals surface area contributed by atoms with E-state index in [1.54, 1.807) is 14.2 Å². The molecule has 3 rings (SSSR count). The molecule has 1 fully saturated rings. The van der Waals surface area contributed by atoms with Gasteiger partial charge in [0.25, 0.3) is 0 Å². The van der Waals surface area contributed by atoms with Crippen LogP contribution in [0.15, 0.2) is 35.1 Å². The Morgan fingerprint density at radius 2 is 1.92 bits per heavy atom. The number of methoxy groups -OCH3 is 1. The van der Waals surface area contributed by atoms with Crippen molar-refractivity contribution in [3.63, 3.8) is 0 Å². The summed E-state index contributed by atoms with van der Waals surface area (Å²) in [5, 5.41) is 4.50. The molecular weight excluding hydrogens is 316 g/mol. The average Bonchev–Trinajstić information content (AvgIpc) is 2.90. The molecule has 1 aliphatic heterocycles. The number of nitrogens with zero attached hydrogens (tertiary/aromatic N) is 4. The van der Waals surface area contributed by atoms with Crippen molar-refractivity contribution in [3.05, 3.63) is 52.2 Å². The molecule has 1 unspecified atom stereocenters. The predicted molar refractivity (Wildman–Crippen MR) is 97.9 cm³/mol. The van der Waals surface area contributed by atoms with Crippen molar-refractivity contribution in [1.29, 1.82) is 0 Å². The number of aromatic nitrogens is 3. The zero-order valence-electron chi connectivity index (χ0n) is 15.4. The number of piperidine rings is 1. The van der Waals surface area contributed by atoms with Gasteiger partial charge in [-0.1, -0.05) is 30.3 Å². The second kappa shape index (κ2) is 7.97. The fraction of sp³-hybridized carbons (Fsp3) is 0.579. The van der Waals surface area contributed by atoms with Gasteiger partial charge in [0.05, 0.1) is 6.61 Å². The molecule has 0 aliphatic carbocycles. The van der Waals surface area contributed by atoms with E-state index < -0.39 is 0 Å². The summed E-state index contributed by atoms with van der Waals surface area (Å²) in [7, 11) is 3.48. The molecule has 2 aromatic rings. The first kappa shape index (κ1) is 17.9. The van der Waals surface area contributed by atoms with Gasteiger partial charge < -0.3 is 4.74 Å². The first-order valence-electron chi connectivity index (χ1n) is 9.01. The molecule has 1 atom stereocenters. The molecule has 0 spiro atoms.